The van der Waals surface area contributed by atoms with Crippen molar-refractivity contribution in [1.82, 2.24) is 9.78 Å². The normalized spacial score (nSPS) is 18.4. The number of benzene rings is 1. The minimum absolute atomic E-state index is 0.147. The highest BCUT2D eigenvalue weighted by Gasteiger charge is 2.28. The minimum atomic E-state index is 0.147. The number of hydrogen-bond donors (Lipinski definition) is 1. The van der Waals surface area contributed by atoms with Crippen LogP contribution in [0.15, 0.2) is 24.3 Å². The molecule has 0 spiro atoms. The van der Waals surface area contributed by atoms with Gasteiger partial charge < -0.3 is 5.73 Å². The van der Waals surface area contributed by atoms with Gasteiger partial charge in [0.25, 0.3) is 0 Å². The summed E-state index contributed by atoms with van der Waals surface area (Å²) < 4.78 is 1.99. The lowest BCUT2D eigenvalue weighted by Gasteiger charge is -2.07. The smallest absolute Gasteiger partial charge is 0.0976 e. The molecule has 1 aromatic heterocycles. The fourth-order valence-corrected chi connectivity index (χ4v) is 2.74. The molecule has 1 aromatic carbocycles. The molecule has 0 saturated carbocycles. The van der Waals surface area contributed by atoms with Crippen LogP contribution in [-0.2, 0) is 13.5 Å². The number of aromatic nitrogens is 2. The van der Waals surface area contributed by atoms with Gasteiger partial charge in [-0.1, -0.05) is 24.3 Å². The first-order valence-electron chi connectivity index (χ1n) is 6.06. The lowest BCUT2D eigenvalue weighted by Crippen LogP contribution is -2.06. The van der Waals surface area contributed by atoms with Crippen LogP contribution in [0.3, 0.4) is 0 Å². The summed E-state index contributed by atoms with van der Waals surface area (Å²) in [6.45, 7) is 2.12. The summed E-state index contributed by atoms with van der Waals surface area (Å²) in [6, 6.07) is 8.51. The number of nitrogens with zero attached hydrogens (tertiary/aromatic N) is 2. The molecule has 0 radical (unpaired) electrons. The summed E-state index contributed by atoms with van der Waals surface area (Å²) >= 11 is 0. The molecule has 17 heavy (non-hydrogen) atoms. The van der Waals surface area contributed by atoms with Crippen LogP contribution in [0.4, 0.5) is 0 Å². The Hall–Kier alpha value is -1.61. The van der Waals surface area contributed by atoms with Gasteiger partial charge in [0.15, 0.2) is 0 Å². The van der Waals surface area contributed by atoms with Crippen LogP contribution in [0.5, 0.6) is 0 Å². The zero-order valence-electron chi connectivity index (χ0n) is 10.3. The number of aryl methyl sites for hydroxylation is 2. The van der Waals surface area contributed by atoms with Crippen LogP contribution in [-0.4, -0.2) is 9.78 Å². The molecule has 2 N–H and O–H groups in total. The summed E-state index contributed by atoms with van der Waals surface area (Å²) in [6.07, 6.45) is 2.09. The van der Waals surface area contributed by atoms with Crippen LogP contribution >= 0.6 is 0 Å². The van der Waals surface area contributed by atoms with Crippen LogP contribution in [0.25, 0.3) is 11.3 Å². The van der Waals surface area contributed by atoms with Crippen molar-refractivity contribution in [2.24, 2.45) is 12.8 Å². The summed E-state index contributed by atoms with van der Waals surface area (Å²) in [4.78, 5) is 0. The van der Waals surface area contributed by atoms with E-state index in [4.69, 9.17) is 5.73 Å². The van der Waals surface area contributed by atoms with Gasteiger partial charge in [0, 0.05) is 29.9 Å². The van der Waals surface area contributed by atoms with Crippen molar-refractivity contribution >= 4 is 0 Å². The lowest BCUT2D eigenvalue weighted by atomic mass is 10.0. The molecule has 0 fully saturated rings. The van der Waals surface area contributed by atoms with Gasteiger partial charge in [-0.15, -0.1) is 0 Å². The average molecular weight is 227 g/mol. The Bertz CT molecular complexity index is 569. The van der Waals surface area contributed by atoms with Gasteiger partial charge >= 0.3 is 0 Å². The van der Waals surface area contributed by atoms with Crippen molar-refractivity contribution in [3.63, 3.8) is 0 Å². The molecule has 88 valence electrons. The molecule has 3 heteroatoms. The summed E-state index contributed by atoms with van der Waals surface area (Å²) in [7, 11) is 2.01. The van der Waals surface area contributed by atoms with Gasteiger partial charge in [-0.25, -0.2) is 0 Å². The third-order valence-corrected chi connectivity index (χ3v) is 3.67. The molecule has 1 atom stereocenters. The highest BCUT2D eigenvalue weighted by atomic mass is 15.3. The van der Waals surface area contributed by atoms with Gasteiger partial charge in [0.05, 0.1) is 5.69 Å². The van der Waals surface area contributed by atoms with Crippen molar-refractivity contribution in [3.05, 3.63) is 41.1 Å². The maximum atomic E-state index is 6.19. The Morgan fingerprint density at radius 2 is 2.12 bits per heavy atom. The number of fused-ring (bicyclic) bond motifs is 1. The Morgan fingerprint density at radius 3 is 2.88 bits per heavy atom. The molecule has 1 aliphatic carbocycles. The first-order valence-corrected chi connectivity index (χ1v) is 6.06. The molecule has 0 bridgehead atoms. The van der Waals surface area contributed by atoms with Gasteiger partial charge in [-0.05, 0) is 25.3 Å². The average Bonchev–Trinajstić information content (AvgIpc) is 2.83. The van der Waals surface area contributed by atoms with Crippen molar-refractivity contribution in [2.45, 2.75) is 25.8 Å². The van der Waals surface area contributed by atoms with Gasteiger partial charge in [-0.3, -0.25) is 4.68 Å². The largest absolute Gasteiger partial charge is 0.324 e. The second-order valence-electron chi connectivity index (χ2n) is 4.79. The number of nitrogens with two attached hydrogens (primary N) is 1. The summed E-state index contributed by atoms with van der Waals surface area (Å²) in [5, 5.41) is 4.65. The SMILES string of the molecule is Cc1ccccc1-c1nn(C)c2c1C(N)CC2. The zero-order valence-corrected chi connectivity index (χ0v) is 10.3. The molecule has 2 aromatic rings. The van der Waals surface area contributed by atoms with Gasteiger partial charge in [0.1, 0.15) is 0 Å². The molecule has 1 heterocycles. The predicted octanol–water partition coefficient (Wildman–Crippen LogP) is 2.34. The van der Waals surface area contributed by atoms with E-state index in [2.05, 4.69) is 36.3 Å². The number of hydrogen-bond acceptors (Lipinski definition) is 2. The molecule has 1 unspecified atom stereocenters. The van der Waals surface area contributed by atoms with Crippen LogP contribution < -0.4 is 5.73 Å². The van der Waals surface area contributed by atoms with E-state index >= 15 is 0 Å². The maximum absolute atomic E-state index is 6.19. The Morgan fingerprint density at radius 1 is 1.35 bits per heavy atom. The molecular weight excluding hydrogens is 210 g/mol. The highest BCUT2D eigenvalue weighted by molar-refractivity contribution is 5.69. The number of rotatable bonds is 1. The fourth-order valence-electron chi connectivity index (χ4n) is 2.74. The van der Waals surface area contributed by atoms with E-state index in [0.717, 1.165) is 18.5 Å². The topological polar surface area (TPSA) is 43.8 Å². The second kappa shape index (κ2) is 3.70. The molecule has 3 nitrogen and oxygen atoms in total. The van der Waals surface area contributed by atoms with Crippen LogP contribution in [0.1, 0.15) is 29.3 Å². The minimum Gasteiger partial charge on any atom is -0.324 e. The molecule has 0 aliphatic heterocycles. The Balaban J connectivity index is 2.23. The monoisotopic (exact) mass is 227 g/mol. The van der Waals surface area contributed by atoms with E-state index < -0.39 is 0 Å². The van der Waals surface area contributed by atoms with Crippen molar-refractivity contribution in [3.8, 4) is 11.3 Å². The van der Waals surface area contributed by atoms with Crippen molar-refractivity contribution in [2.75, 3.05) is 0 Å². The first kappa shape index (κ1) is 10.5. The quantitative estimate of drug-likeness (QED) is 0.812. The van der Waals surface area contributed by atoms with Crippen molar-refractivity contribution < 1.29 is 0 Å². The van der Waals surface area contributed by atoms with E-state index in [1.807, 2.05) is 11.7 Å². The van der Waals surface area contributed by atoms with Gasteiger partial charge in [-0.2, -0.15) is 5.10 Å². The third kappa shape index (κ3) is 1.50. The van der Waals surface area contributed by atoms with Crippen molar-refractivity contribution in [1.29, 1.82) is 0 Å². The zero-order chi connectivity index (χ0) is 12.0. The molecule has 1 aliphatic rings. The molecular formula is C14H17N3. The van der Waals surface area contributed by atoms with Crippen LogP contribution in [0.2, 0.25) is 0 Å². The Kier molecular flexibility index (Phi) is 2.30. The first-order chi connectivity index (χ1) is 8.18. The van der Waals surface area contributed by atoms with Gasteiger partial charge in [0.2, 0.25) is 0 Å². The lowest BCUT2D eigenvalue weighted by molar-refractivity contribution is 0.672. The van der Waals surface area contributed by atoms with E-state index in [9.17, 15) is 0 Å². The highest BCUT2D eigenvalue weighted by Crippen LogP contribution is 2.37. The summed E-state index contributed by atoms with van der Waals surface area (Å²) in [5.41, 5.74) is 12.3. The van der Waals surface area contributed by atoms with Crippen LogP contribution in [0, 0.1) is 6.92 Å². The van der Waals surface area contributed by atoms with E-state index in [1.54, 1.807) is 0 Å². The second-order valence-corrected chi connectivity index (χ2v) is 4.79. The molecule has 3 rings (SSSR count). The standard InChI is InChI=1S/C14H17N3/c1-9-5-3-4-6-10(9)14-13-11(15)7-8-12(13)17(2)16-14/h3-6,11H,7-8,15H2,1-2H3. The predicted molar refractivity (Wildman–Crippen MR) is 68.6 cm³/mol. The van der Waals surface area contributed by atoms with E-state index in [0.29, 0.717) is 0 Å². The third-order valence-electron chi connectivity index (χ3n) is 3.67. The molecule has 0 amide bonds. The maximum Gasteiger partial charge on any atom is 0.0976 e. The van der Waals surface area contributed by atoms with E-state index in [-0.39, 0.29) is 6.04 Å². The fraction of sp³-hybridized carbons (Fsp3) is 0.357. The molecule has 0 saturated heterocycles. The van der Waals surface area contributed by atoms with E-state index in [1.165, 1.54) is 22.4 Å². The Labute approximate surface area is 101 Å². The summed E-state index contributed by atoms with van der Waals surface area (Å²) in [5.74, 6) is 0.